The molecule has 5 nitrogen and oxygen atoms in total. The second kappa shape index (κ2) is 10.6. The van der Waals surface area contributed by atoms with Gasteiger partial charge in [-0.1, -0.05) is 41.9 Å². The number of halogens is 2. The van der Waals surface area contributed by atoms with E-state index in [1.807, 2.05) is 73.7 Å². The number of rotatable bonds is 7. The summed E-state index contributed by atoms with van der Waals surface area (Å²) < 4.78 is 12.6. The number of thiocarbonyl (C=S) groups is 1. The van der Waals surface area contributed by atoms with Crippen LogP contribution in [0, 0.1) is 0 Å². The van der Waals surface area contributed by atoms with Crippen LogP contribution in [0.25, 0.3) is 6.08 Å². The number of benzene rings is 3. The number of carbonyl (C=O) groups excluding carboxylic acids is 1. The van der Waals surface area contributed by atoms with Crippen molar-refractivity contribution in [3.05, 3.63) is 93.0 Å². The van der Waals surface area contributed by atoms with Crippen molar-refractivity contribution < 1.29 is 14.3 Å². The van der Waals surface area contributed by atoms with Gasteiger partial charge in [0, 0.05) is 12.1 Å². The summed E-state index contributed by atoms with van der Waals surface area (Å²) in [6.45, 7) is 2.70. The molecule has 0 radical (unpaired) electrons. The van der Waals surface area contributed by atoms with Crippen LogP contribution in [0.2, 0.25) is 5.02 Å². The van der Waals surface area contributed by atoms with E-state index in [1.165, 1.54) is 4.90 Å². The van der Waals surface area contributed by atoms with Gasteiger partial charge in [-0.3, -0.25) is 9.69 Å². The summed E-state index contributed by atoms with van der Waals surface area (Å²) in [5.41, 5.74) is 2.92. The van der Waals surface area contributed by atoms with Crippen molar-refractivity contribution in [3.8, 4) is 11.5 Å². The topological polar surface area (TPSA) is 42.0 Å². The number of hydrogen-bond acceptors (Lipinski definition) is 4. The molecule has 1 fully saturated rings. The Morgan fingerprint density at radius 3 is 2.53 bits per heavy atom. The van der Waals surface area contributed by atoms with Gasteiger partial charge in [-0.2, -0.15) is 0 Å². The van der Waals surface area contributed by atoms with E-state index in [2.05, 4.69) is 15.9 Å². The fourth-order valence-electron chi connectivity index (χ4n) is 3.58. The van der Waals surface area contributed by atoms with Gasteiger partial charge in [0.15, 0.2) is 16.6 Å². The summed E-state index contributed by atoms with van der Waals surface area (Å²) in [4.78, 5) is 16.5. The lowest BCUT2D eigenvalue weighted by atomic mass is 10.1. The van der Waals surface area contributed by atoms with Crippen molar-refractivity contribution in [1.82, 2.24) is 4.90 Å². The Bertz CT molecular complexity index is 1270. The lowest BCUT2D eigenvalue weighted by molar-refractivity contribution is -0.114. The molecule has 3 aromatic carbocycles. The number of carbonyl (C=O) groups is 1. The molecule has 0 aromatic heterocycles. The zero-order chi connectivity index (χ0) is 24.2. The zero-order valence-electron chi connectivity index (χ0n) is 18.6. The van der Waals surface area contributed by atoms with Crippen LogP contribution in [0.4, 0.5) is 5.69 Å². The first-order chi connectivity index (χ1) is 16.4. The van der Waals surface area contributed by atoms with Crippen molar-refractivity contribution in [2.24, 2.45) is 0 Å². The molecule has 1 aliphatic rings. The molecule has 8 heteroatoms. The average molecular weight is 558 g/mol. The number of likely N-dealkylation sites (N-methyl/N-ethyl adjacent to an activating group) is 1. The molecule has 0 spiro atoms. The second-order valence-electron chi connectivity index (χ2n) is 7.53. The predicted molar refractivity (Wildman–Crippen MR) is 143 cm³/mol. The smallest absolute Gasteiger partial charge is 0.281 e. The predicted octanol–water partition coefficient (Wildman–Crippen LogP) is 6.68. The molecule has 0 N–H and O–H groups in total. The quantitative estimate of drug-likeness (QED) is 0.239. The molecule has 34 heavy (non-hydrogen) atoms. The molecule has 0 atom stereocenters. The monoisotopic (exact) mass is 556 g/mol. The molecule has 0 aliphatic carbocycles. The molecule has 174 valence electrons. The van der Waals surface area contributed by atoms with Crippen LogP contribution in [-0.2, 0) is 11.4 Å². The summed E-state index contributed by atoms with van der Waals surface area (Å²) in [7, 11) is 1.79. The molecule has 1 amide bonds. The number of hydrogen-bond donors (Lipinski definition) is 0. The Morgan fingerprint density at radius 2 is 1.82 bits per heavy atom. The first-order valence-electron chi connectivity index (χ1n) is 10.6. The minimum absolute atomic E-state index is 0.186. The molecule has 1 saturated heterocycles. The number of amides is 1. The molecule has 0 bridgehead atoms. The minimum atomic E-state index is -0.186. The fourth-order valence-corrected chi connectivity index (χ4v) is 4.65. The highest BCUT2D eigenvalue weighted by atomic mass is 79.9. The summed E-state index contributed by atoms with van der Waals surface area (Å²) >= 11 is 15.2. The third-order valence-corrected chi connectivity index (χ3v) is 6.46. The van der Waals surface area contributed by atoms with Gasteiger partial charge in [-0.05, 0) is 88.7 Å². The Morgan fingerprint density at radius 1 is 1.06 bits per heavy atom. The average Bonchev–Trinajstić information content (AvgIpc) is 3.02. The van der Waals surface area contributed by atoms with Crippen LogP contribution in [-0.4, -0.2) is 29.6 Å². The Labute approximate surface area is 217 Å². The van der Waals surface area contributed by atoms with Gasteiger partial charge in [0.1, 0.15) is 12.3 Å². The van der Waals surface area contributed by atoms with Gasteiger partial charge in [0.05, 0.1) is 16.8 Å². The molecule has 4 rings (SSSR count). The van der Waals surface area contributed by atoms with Gasteiger partial charge in [0.2, 0.25) is 0 Å². The van der Waals surface area contributed by atoms with E-state index in [1.54, 1.807) is 18.0 Å². The van der Waals surface area contributed by atoms with E-state index in [-0.39, 0.29) is 5.91 Å². The largest absolute Gasteiger partial charge is 0.490 e. The number of nitrogens with zero attached hydrogens (tertiary/aromatic N) is 2. The highest BCUT2D eigenvalue weighted by Gasteiger charge is 2.36. The molecule has 1 heterocycles. The van der Waals surface area contributed by atoms with Gasteiger partial charge in [-0.15, -0.1) is 0 Å². The Balaban J connectivity index is 1.64. The minimum Gasteiger partial charge on any atom is -0.490 e. The molecular formula is C26H22BrClN2O3S. The normalized spacial score (nSPS) is 14.8. The van der Waals surface area contributed by atoms with Crippen LogP contribution in [0.5, 0.6) is 11.5 Å². The van der Waals surface area contributed by atoms with Gasteiger partial charge in [-0.25, -0.2) is 0 Å². The van der Waals surface area contributed by atoms with Crippen molar-refractivity contribution in [2.75, 3.05) is 18.6 Å². The lowest BCUT2D eigenvalue weighted by Gasteiger charge is -2.16. The number of anilines is 1. The van der Waals surface area contributed by atoms with Gasteiger partial charge >= 0.3 is 0 Å². The van der Waals surface area contributed by atoms with Crippen molar-refractivity contribution >= 4 is 62.5 Å². The van der Waals surface area contributed by atoms with Crippen molar-refractivity contribution in [3.63, 3.8) is 0 Å². The molecular weight excluding hydrogens is 536 g/mol. The Kier molecular flexibility index (Phi) is 7.56. The summed E-state index contributed by atoms with van der Waals surface area (Å²) in [6.07, 6.45) is 1.80. The zero-order valence-corrected chi connectivity index (χ0v) is 21.8. The van der Waals surface area contributed by atoms with Crippen LogP contribution in [0.3, 0.4) is 0 Å². The van der Waals surface area contributed by atoms with E-state index < -0.39 is 0 Å². The molecule has 3 aromatic rings. The maximum absolute atomic E-state index is 13.2. The highest BCUT2D eigenvalue weighted by Crippen LogP contribution is 2.39. The fraction of sp³-hybridized carbons (Fsp3) is 0.154. The first-order valence-corrected chi connectivity index (χ1v) is 12.2. The molecule has 0 unspecified atom stereocenters. The highest BCUT2D eigenvalue weighted by molar-refractivity contribution is 9.10. The van der Waals surface area contributed by atoms with E-state index in [4.69, 9.17) is 33.3 Å². The lowest BCUT2D eigenvalue weighted by Crippen LogP contribution is -2.30. The maximum atomic E-state index is 13.2. The van der Waals surface area contributed by atoms with E-state index >= 15 is 0 Å². The van der Waals surface area contributed by atoms with E-state index in [0.29, 0.717) is 45.0 Å². The van der Waals surface area contributed by atoms with Gasteiger partial charge in [0.25, 0.3) is 5.91 Å². The number of ether oxygens (including phenoxy) is 2. The van der Waals surface area contributed by atoms with Crippen LogP contribution >= 0.6 is 39.7 Å². The summed E-state index contributed by atoms with van der Waals surface area (Å²) in [5, 5.41) is 1.08. The van der Waals surface area contributed by atoms with Crippen LogP contribution in [0.15, 0.2) is 76.9 Å². The van der Waals surface area contributed by atoms with Crippen molar-refractivity contribution in [1.29, 1.82) is 0 Å². The van der Waals surface area contributed by atoms with E-state index in [0.717, 1.165) is 16.8 Å². The molecule has 1 aliphatic heterocycles. The third-order valence-electron chi connectivity index (χ3n) is 5.18. The van der Waals surface area contributed by atoms with Crippen LogP contribution in [0.1, 0.15) is 18.1 Å². The first kappa shape index (κ1) is 24.3. The van der Waals surface area contributed by atoms with E-state index in [9.17, 15) is 4.79 Å². The van der Waals surface area contributed by atoms with Crippen LogP contribution < -0.4 is 14.4 Å². The number of para-hydroxylation sites is 1. The standard InChI is InChI=1S/C26H22BrClN2O3S/c1-3-32-23-15-18(13-21(27)24(23)33-16-17-8-7-9-19(28)12-17)14-22-25(31)30(26(34)29(22)2)20-10-5-4-6-11-20/h4-15H,3,16H2,1-2H3/b22-14-. The van der Waals surface area contributed by atoms with Crippen molar-refractivity contribution in [2.45, 2.75) is 13.5 Å². The summed E-state index contributed by atoms with van der Waals surface area (Å²) in [5.74, 6) is 0.965. The molecule has 0 saturated carbocycles. The Hall–Kier alpha value is -2.87. The second-order valence-corrected chi connectivity index (χ2v) is 9.18. The third kappa shape index (κ3) is 5.12. The summed E-state index contributed by atoms with van der Waals surface area (Å²) in [6, 6.07) is 20.6. The maximum Gasteiger partial charge on any atom is 0.281 e. The SMILES string of the molecule is CCOc1cc(/C=C2/C(=O)N(c3ccccc3)C(=S)N2C)cc(Br)c1OCc1cccc(Cl)c1. The van der Waals surface area contributed by atoms with Gasteiger partial charge < -0.3 is 14.4 Å².